The number of hydrogen-bond acceptors (Lipinski definition) is 6. The van der Waals surface area contributed by atoms with Crippen LogP contribution in [0.5, 0.6) is 5.75 Å². The van der Waals surface area contributed by atoms with Gasteiger partial charge in [-0.3, -0.25) is 0 Å². The van der Waals surface area contributed by atoms with Gasteiger partial charge in [-0.05, 0) is 38.1 Å². The van der Waals surface area contributed by atoms with Crippen LogP contribution in [0.15, 0.2) is 30.5 Å². The standard InChI is InChI=1S/C16H19N3O4/c1-3-23-14-5-4-11(8-12(14)15(21)22)13-6-7-17-16(19-13)18-10(2)9-20/h4-8,10,20H,3,9H2,1-2H3,(H,21,22)(H,17,18,19)/t10-/m0/s1. The number of carboxylic acid groups (broad SMARTS) is 1. The van der Waals surface area contributed by atoms with Crippen molar-refractivity contribution in [2.24, 2.45) is 0 Å². The molecule has 0 aliphatic heterocycles. The van der Waals surface area contributed by atoms with Crippen LogP contribution in [0.25, 0.3) is 11.3 Å². The lowest BCUT2D eigenvalue weighted by atomic mass is 10.1. The molecule has 0 unspecified atom stereocenters. The first-order valence-corrected chi connectivity index (χ1v) is 7.26. The lowest BCUT2D eigenvalue weighted by Crippen LogP contribution is -2.20. The lowest BCUT2D eigenvalue weighted by molar-refractivity contribution is 0.0692. The number of nitrogens with zero attached hydrogens (tertiary/aromatic N) is 2. The predicted molar refractivity (Wildman–Crippen MR) is 85.8 cm³/mol. The molecule has 122 valence electrons. The molecule has 1 heterocycles. The van der Waals surface area contributed by atoms with Gasteiger partial charge in [0.25, 0.3) is 0 Å². The highest BCUT2D eigenvalue weighted by molar-refractivity contribution is 5.92. The molecule has 0 saturated carbocycles. The van der Waals surface area contributed by atoms with Crippen LogP contribution in [-0.2, 0) is 0 Å². The van der Waals surface area contributed by atoms with E-state index in [0.29, 0.717) is 29.6 Å². The first-order valence-electron chi connectivity index (χ1n) is 7.26. The Morgan fingerprint density at radius 1 is 1.39 bits per heavy atom. The summed E-state index contributed by atoms with van der Waals surface area (Å²) in [6, 6.07) is 6.40. The van der Waals surface area contributed by atoms with Crippen LogP contribution in [0.3, 0.4) is 0 Å². The summed E-state index contributed by atoms with van der Waals surface area (Å²) in [7, 11) is 0. The fourth-order valence-corrected chi connectivity index (χ4v) is 1.99. The van der Waals surface area contributed by atoms with E-state index in [-0.39, 0.29) is 18.2 Å². The monoisotopic (exact) mass is 317 g/mol. The third kappa shape index (κ3) is 4.17. The van der Waals surface area contributed by atoms with Crippen molar-refractivity contribution < 1.29 is 19.7 Å². The average molecular weight is 317 g/mol. The first-order chi connectivity index (χ1) is 11.0. The highest BCUT2D eigenvalue weighted by Gasteiger charge is 2.14. The Morgan fingerprint density at radius 3 is 2.83 bits per heavy atom. The van der Waals surface area contributed by atoms with Crippen LogP contribution < -0.4 is 10.1 Å². The van der Waals surface area contributed by atoms with Crippen molar-refractivity contribution in [3.63, 3.8) is 0 Å². The maximum absolute atomic E-state index is 11.4. The van der Waals surface area contributed by atoms with Crippen molar-refractivity contribution in [1.82, 2.24) is 9.97 Å². The minimum absolute atomic E-state index is 0.0419. The predicted octanol–water partition coefficient (Wildman–Crippen LogP) is 2.03. The topological polar surface area (TPSA) is 105 Å². The Bertz CT molecular complexity index is 691. The number of aliphatic hydroxyl groups excluding tert-OH is 1. The van der Waals surface area contributed by atoms with Gasteiger partial charge in [0.15, 0.2) is 0 Å². The number of carboxylic acids is 1. The average Bonchev–Trinajstić information content (AvgIpc) is 2.55. The molecule has 2 aromatic rings. The molecule has 1 atom stereocenters. The summed E-state index contributed by atoms with van der Waals surface area (Å²) in [5, 5.41) is 21.3. The van der Waals surface area contributed by atoms with Gasteiger partial charge in [-0.1, -0.05) is 0 Å². The number of ether oxygens (including phenoxy) is 1. The second-order valence-corrected chi connectivity index (χ2v) is 4.94. The van der Waals surface area contributed by atoms with E-state index < -0.39 is 5.97 Å². The van der Waals surface area contributed by atoms with Gasteiger partial charge in [0.2, 0.25) is 5.95 Å². The van der Waals surface area contributed by atoms with Crippen molar-refractivity contribution in [2.45, 2.75) is 19.9 Å². The summed E-state index contributed by atoms with van der Waals surface area (Å²) in [6.07, 6.45) is 1.58. The second-order valence-electron chi connectivity index (χ2n) is 4.94. The fourth-order valence-electron chi connectivity index (χ4n) is 1.99. The molecule has 2 rings (SSSR count). The molecule has 0 aliphatic rings. The normalized spacial score (nSPS) is 11.8. The number of rotatable bonds is 7. The van der Waals surface area contributed by atoms with E-state index in [1.54, 1.807) is 38.2 Å². The van der Waals surface area contributed by atoms with Crippen LogP contribution in [0.4, 0.5) is 5.95 Å². The van der Waals surface area contributed by atoms with E-state index in [0.717, 1.165) is 0 Å². The SMILES string of the molecule is CCOc1ccc(-c2ccnc(N[C@@H](C)CO)n2)cc1C(=O)O. The molecule has 1 aromatic carbocycles. The smallest absolute Gasteiger partial charge is 0.339 e. The van der Waals surface area contributed by atoms with Gasteiger partial charge in [-0.15, -0.1) is 0 Å². The molecule has 23 heavy (non-hydrogen) atoms. The number of aromatic carboxylic acids is 1. The third-order valence-corrected chi connectivity index (χ3v) is 3.11. The molecule has 0 saturated heterocycles. The molecule has 0 radical (unpaired) electrons. The molecular formula is C16H19N3O4. The Hall–Kier alpha value is -2.67. The molecule has 7 nitrogen and oxygen atoms in total. The Labute approximate surface area is 134 Å². The quantitative estimate of drug-likeness (QED) is 0.717. The summed E-state index contributed by atoms with van der Waals surface area (Å²) in [5.41, 5.74) is 1.31. The Balaban J connectivity index is 2.36. The van der Waals surface area contributed by atoms with Crippen LogP contribution in [0, 0.1) is 0 Å². The van der Waals surface area contributed by atoms with Gasteiger partial charge >= 0.3 is 5.97 Å². The molecule has 0 bridgehead atoms. The maximum atomic E-state index is 11.4. The number of nitrogens with one attached hydrogen (secondary N) is 1. The maximum Gasteiger partial charge on any atom is 0.339 e. The van der Waals surface area contributed by atoms with Gasteiger partial charge in [-0.2, -0.15) is 0 Å². The van der Waals surface area contributed by atoms with E-state index in [1.165, 1.54) is 6.07 Å². The largest absolute Gasteiger partial charge is 0.493 e. The minimum Gasteiger partial charge on any atom is -0.493 e. The van der Waals surface area contributed by atoms with Crippen molar-refractivity contribution in [1.29, 1.82) is 0 Å². The number of anilines is 1. The first kappa shape index (κ1) is 16.7. The van der Waals surface area contributed by atoms with Crippen LogP contribution in [0.2, 0.25) is 0 Å². The highest BCUT2D eigenvalue weighted by Crippen LogP contribution is 2.26. The van der Waals surface area contributed by atoms with Crippen molar-refractivity contribution in [3.05, 3.63) is 36.0 Å². The molecular weight excluding hydrogens is 298 g/mol. The summed E-state index contributed by atoms with van der Waals surface area (Å²) < 4.78 is 5.33. The zero-order chi connectivity index (χ0) is 16.8. The molecule has 3 N–H and O–H groups in total. The van der Waals surface area contributed by atoms with Crippen molar-refractivity contribution >= 4 is 11.9 Å². The molecule has 0 fully saturated rings. The highest BCUT2D eigenvalue weighted by atomic mass is 16.5. The van der Waals surface area contributed by atoms with E-state index in [1.807, 2.05) is 0 Å². The zero-order valence-corrected chi connectivity index (χ0v) is 13.0. The molecule has 0 spiro atoms. The second kappa shape index (κ2) is 7.55. The summed E-state index contributed by atoms with van der Waals surface area (Å²) in [5.74, 6) is -0.364. The van der Waals surface area contributed by atoms with Gasteiger partial charge in [0.05, 0.1) is 18.9 Å². The Kier molecular flexibility index (Phi) is 5.48. The molecule has 7 heteroatoms. The van der Waals surface area contributed by atoms with Crippen molar-refractivity contribution in [3.8, 4) is 17.0 Å². The number of aliphatic hydroxyl groups is 1. The summed E-state index contributed by atoms with van der Waals surface area (Å²) in [4.78, 5) is 19.8. The molecule has 1 aromatic heterocycles. The van der Waals surface area contributed by atoms with Crippen LogP contribution in [-0.4, -0.2) is 45.4 Å². The van der Waals surface area contributed by atoms with Crippen LogP contribution >= 0.6 is 0 Å². The minimum atomic E-state index is -1.06. The Morgan fingerprint density at radius 2 is 2.17 bits per heavy atom. The van der Waals surface area contributed by atoms with E-state index in [9.17, 15) is 9.90 Å². The number of benzene rings is 1. The molecule has 0 aliphatic carbocycles. The fraction of sp³-hybridized carbons (Fsp3) is 0.312. The third-order valence-electron chi connectivity index (χ3n) is 3.11. The van der Waals surface area contributed by atoms with E-state index in [2.05, 4.69) is 15.3 Å². The van der Waals surface area contributed by atoms with Gasteiger partial charge in [0, 0.05) is 17.8 Å². The number of hydrogen-bond donors (Lipinski definition) is 3. The van der Waals surface area contributed by atoms with Crippen molar-refractivity contribution in [2.75, 3.05) is 18.5 Å². The number of carbonyl (C=O) groups is 1. The summed E-state index contributed by atoms with van der Waals surface area (Å²) in [6.45, 7) is 3.94. The molecule has 0 amide bonds. The lowest BCUT2D eigenvalue weighted by Gasteiger charge is -2.12. The van der Waals surface area contributed by atoms with Gasteiger partial charge < -0.3 is 20.3 Å². The number of aromatic nitrogens is 2. The van der Waals surface area contributed by atoms with Gasteiger partial charge in [0.1, 0.15) is 11.3 Å². The zero-order valence-electron chi connectivity index (χ0n) is 13.0. The van der Waals surface area contributed by atoms with E-state index >= 15 is 0 Å². The van der Waals surface area contributed by atoms with E-state index in [4.69, 9.17) is 9.84 Å². The summed E-state index contributed by atoms with van der Waals surface area (Å²) >= 11 is 0. The van der Waals surface area contributed by atoms with Crippen LogP contribution in [0.1, 0.15) is 24.2 Å². The van der Waals surface area contributed by atoms with Gasteiger partial charge in [-0.25, -0.2) is 14.8 Å².